The standard InChI is InChI=1S/C19H19N3O3S2/c1-27(24,25)22-17-10-6-5-9-15(17)12-20-18(23)11-16-13-26-19(21-16)14-7-3-2-4-8-14/h2-10,13,22H,11-12H2,1H3,(H,20,23). The Morgan fingerprint density at radius 2 is 1.78 bits per heavy atom. The van der Waals surface area contributed by atoms with Crippen molar-refractivity contribution in [2.24, 2.45) is 0 Å². The van der Waals surface area contributed by atoms with Crippen molar-refractivity contribution in [1.82, 2.24) is 10.3 Å². The Labute approximate surface area is 162 Å². The van der Waals surface area contributed by atoms with Gasteiger partial charge in [-0.2, -0.15) is 0 Å². The molecule has 1 amide bonds. The summed E-state index contributed by atoms with van der Waals surface area (Å²) in [6.45, 7) is 0.229. The molecule has 3 aromatic rings. The van der Waals surface area contributed by atoms with Gasteiger partial charge in [-0.15, -0.1) is 11.3 Å². The SMILES string of the molecule is CS(=O)(=O)Nc1ccccc1CNC(=O)Cc1csc(-c2ccccc2)n1. The van der Waals surface area contributed by atoms with Crippen LogP contribution in [0, 0.1) is 0 Å². The van der Waals surface area contributed by atoms with Gasteiger partial charge in [-0.1, -0.05) is 48.5 Å². The van der Waals surface area contributed by atoms with Gasteiger partial charge in [-0.3, -0.25) is 9.52 Å². The molecule has 0 bridgehead atoms. The van der Waals surface area contributed by atoms with Crippen molar-refractivity contribution in [3.63, 3.8) is 0 Å². The minimum absolute atomic E-state index is 0.172. The van der Waals surface area contributed by atoms with Gasteiger partial charge in [0.15, 0.2) is 0 Å². The lowest BCUT2D eigenvalue weighted by Gasteiger charge is -2.11. The molecule has 0 atom stereocenters. The van der Waals surface area contributed by atoms with Crippen LogP contribution >= 0.6 is 11.3 Å². The Balaban J connectivity index is 1.60. The van der Waals surface area contributed by atoms with Gasteiger partial charge in [0.05, 0.1) is 24.1 Å². The van der Waals surface area contributed by atoms with Crippen molar-refractivity contribution in [1.29, 1.82) is 0 Å². The zero-order valence-corrected chi connectivity index (χ0v) is 16.3. The minimum Gasteiger partial charge on any atom is -0.352 e. The lowest BCUT2D eigenvalue weighted by atomic mass is 10.2. The maximum absolute atomic E-state index is 12.2. The highest BCUT2D eigenvalue weighted by molar-refractivity contribution is 7.92. The fourth-order valence-corrected chi connectivity index (χ4v) is 3.92. The number of sulfonamides is 1. The molecule has 0 aliphatic heterocycles. The van der Waals surface area contributed by atoms with Gasteiger partial charge < -0.3 is 5.32 Å². The number of thiazole rings is 1. The summed E-state index contributed by atoms with van der Waals surface area (Å²) in [4.78, 5) is 16.8. The van der Waals surface area contributed by atoms with Crippen LogP contribution < -0.4 is 10.0 Å². The van der Waals surface area contributed by atoms with Gasteiger partial charge >= 0.3 is 0 Å². The molecular formula is C19H19N3O3S2. The van der Waals surface area contributed by atoms with Gasteiger partial charge in [0.1, 0.15) is 5.01 Å². The Morgan fingerprint density at radius 3 is 2.52 bits per heavy atom. The average molecular weight is 402 g/mol. The first-order chi connectivity index (χ1) is 12.9. The van der Waals surface area contributed by atoms with E-state index in [0.29, 0.717) is 16.9 Å². The number of nitrogens with zero attached hydrogens (tertiary/aromatic N) is 1. The zero-order valence-electron chi connectivity index (χ0n) is 14.7. The van der Waals surface area contributed by atoms with E-state index in [-0.39, 0.29) is 18.9 Å². The monoisotopic (exact) mass is 401 g/mol. The van der Waals surface area contributed by atoms with E-state index in [2.05, 4.69) is 15.0 Å². The van der Waals surface area contributed by atoms with E-state index in [4.69, 9.17) is 0 Å². The first-order valence-corrected chi connectivity index (χ1v) is 11.0. The average Bonchev–Trinajstić information content (AvgIpc) is 3.09. The molecule has 0 aliphatic rings. The third kappa shape index (κ3) is 5.63. The normalized spacial score (nSPS) is 11.1. The van der Waals surface area contributed by atoms with Gasteiger partial charge in [0, 0.05) is 17.5 Å². The van der Waals surface area contributed by atoms with Crippen molar-refractivity contribution in [3.05, 3.63) is 71.2 Å². The Kier molecular flexibility index (Phi) is 5.88. The van der Waals surface area contributed by atoms with Crippen LogP contribution in [0.1, 0.15) is 11.3 Å². The molecule has 0 saturated heterocycles. The number of hydrogen-bond donors (Lipinski definition) is 2. The molecule has 1 aromatic heterocycles. The molecule has 0 fully saturated rings. The number of hydrogen-bond acceptors (Lipinski definition) is 5. The van der Waals surface area contributed by atoms with Crippen LogP contribution in [0.15, 0.2) is 60.0 Å². The van der Waals surface area contributed by atoms with Crippen molar-refractivity contribution in [2.75, 3.05) is 11.0 Å². The van der Waals surface area contributed by atoms with Crippen molar-refractivity contribution in [2.45, 2.75) is 13.0 Å². The van der Waals surface area contributed by atoms with E-state index >= 15 is 0 Å². The highest BCUT2D eigenvalue weighted by Gasteiger charge is 2.11. The highest BCUT2D eigenvalue weighted by Crippen LogP contribution is 2.23. The lowest BCUT2D eigenvalue weighted by Crippen LogP contribution is -2.25. The molecule has 0 radical (unpaired) electrons. The number of carbonyl (C=O) groups is 1. The van der Waals surface area contributed by atoms with Crippen LogP contribution in [-0.4, -0.2) is 25.6 Å². The molecule has 0 saturated carbocycles. The molecule has 140 valence electrons. The second kappa shape index (κ2) is 8.32. The van der Waals surface area contributed by atoms with Gasteiger partial charge in [0.25, 0.3) is 0 Å². The highest BCUT2D eigenvalue weighted by atomic mass is 32.2. The van der Waals surface area contributed by atoms with E-state index in [1.807, 2.05) is 35.7 Å². The number of benzene rings is 2. The van der Waals surface area contributed by atoms with Crippen LogP contribution in [0.3, 0.4) is 0 Å². The van der Waals surface area contributed by atoms with Gasteiger partial charge in [0.2, 0.25) is 15.9 Å². The van der Waals surface area contributed by atoms with E-state index in [1.54, 1.807) is 24.3 Å². The fourth-order valence-electron chi connectivity index (χ4n) is 2.50. The summed E-state index contributed by atoms with van der Waals surface area (Å²) in [5.41, 5.74) is 2.88. The van der Waals surface area contributed by atoms with Crippen LogP contribution in [0.5, 0.6) is 0 Å². The summed E-state index contributed by atoms with van der Waals surface area (Å²) in [6, 6.07) is 16.8. The number of aromatic nitrogens is 1. The number of carbonyl (C=O) groups excluding carboxylic acids is 1. The number of anilines is 1. The van der Waals surface area contributed by atoms with Crippen LogP contribution in [0.4, 0.5) is 5.69 Å². The maximum Gasteiger partial charge on any atom is 0.229 e. The number of nitrogens with one attached hydrogen (secondary N) is 2. The molecule has 27 heavy (non-hydrogen) atoms. The van der Waals surface area contributed by atoms with E-state index in [1.165, 1.54) is 11.3 Å². The van der Waals surface area contributed by atoms with E-state index < -0.39 is 10.0 Å². The first kappa shape index (κ1) is 19.1. The summed E-state index contributed by atoms with van der Waals surface area (Å²) in [7, 11) is -3.38. The Morgan fingerprint density at radius 1 is 1.07 bits per heavy atom. The van der Waals surface area contributed by atoms with Crippen molar-refractivity contribution in [3.8, 4) is 10.6 Å². The molecule has 8 heteroatoms. The fraction of sp³-hybridized carbons (Fsp3) is 0.158. The smallest absolute Gasteiger partial charge is 0.229 e. The van der Waals surface area contributed by atoms with Crippen LogP contribution in [0.25, 0.3) is 10.6 Å². The third-order valence-electron chi connectivity index (χ3n) is 3.70. The molecule has 0 aliphatic carbocycles. The van der Waals surface area contributed by atoms with E-state index in [9.17, 15) is 13.2 Å². The third-order valence-corrected chi connectivity index (χ3v) is 5.23. The predicted octanol–water partition coefficient (Wildman–Crippen LogP) is 3.04. The topological polar surface area (TPSA) is 88.2 Å². The second-order valence-electron chi connectivity index (χ2n) is 5.99. The van der Waals surface area contributed by atoms with Gasteiger partial charge in [-0.05, 0) is 11.6 Å². The predicted molar refractivity (Wildman–Crippen MR) is 108 cm³/mol. The van der Waals surface area contributed by atoms with Crippen LogP contribution in [0.2, 0.25) is 0 Å². The molecule has 1 heterocycles. The summed E-state index contributed by atoms with van der Waals surface area (Å²) in [6.07, 6.45) is 1.26. The summed E-state index contributed by atoms with van der Waals surface area (Å²) >= 11 is 1.50. The minimum atomic E-state index is -3.38. The number of amides is 1. The lowest BCUT2D eigenvalue weighted by molar-refractivity contribution is -0.120. The molecule has 6 nitrogen and oxygen atoms in total. The maximum atomic E-state index is 12.2. The Hall–Kier alpha value is -2.71. The Bertz CT molecular complexity index is 1030. The first-order valence-electron chi connectivity index (χ1n) is 8.23. The van der Waals surface area contributed by atoms with E-state index in [0.717, 1.165) is 16.8 Å². The molecule has 2 aromatic carbocycles. The summed E-state index contributed by atoms with van der Waals surface area (Å²) in [5.74, 6) is -0.172. The molecular weight excluding hydrogens is 382 g/mol. The summed E-state index contributed by atoms with van der Waals surface area (Å²) in [5, 5.41) is 5.57. The second-order valence-corrected chi connectivity index (χ2v) is 8.60. The molecule has 0 spiro atoms. The van der Waals surface area contributed by atoms with Gasteiger partial charge in [-0.25, -0.2) is 13.4 Å². The van der Waals surface area contributed by atoms with Crippen LogP contribution in [-0.2, 0) is 27.8 Å². The molecule has 2 N–H and O–H groups in total. The van der Waals surface area contributed by atoms with Crippen molar-refractivity contribution >= 4 is 33.0 Å². The largest absolute Gasteiger partial charge is 0.352 e. The van der Waals surface area contributed by atoms with Crippen molar-refractivity contribution < 1.29 is 13.2 Å². The zero-order chi connectivity index (χ0) is 19.3. The number of para-hydroxylation sites is 1. The summed E-state index contributed by atoms with van der Waals surface area (Å²) < 4.78 is 25.3. The molecule has 3 rings (SSSR count). The molecule has 0 unspecified atom stereocenters. The quantitative estimate of drug-likeness (QED) is 0.637. The number of rotatable bonds is 7.